The summed E-state index contributed by atoms with van der Waals surface area (Å²) in [5.74, 6) is -0.864. The summed E-state index contributed by atoms with van der Waals surface area (Å²) in [6.07, 6.45) is -4.63. The predicted molar refractivity (Wildman–Crippen MR) is 87.2 cm³/mol. The number of amides is 1. The number of hydrogen-bond donors (Lipinski definition) is 1. The molecule has 2 aromatic rings. The molecule has 0 unspecified atom stereocenters. The van der Waals surface area contributed by atoms with E-state index in [1.54, 1.807) is 0 Å². The number of rotatable bonds is 4. The van der Waals surface area contributed by atoms with Gasteiger partial charge in [-0.25, -0.2) is 0 Å². The van der Waals surface area contributed by atoms with Gasteiger partial charge >= 0.3 is 6.18 Å². The zero-order valence-electron chi connectivity index (χ0n) is 13.1. The molecule has 1 amide bonds. The van der Waals surface area contributed by atoms with Crippen LogP contribution in [-0.4, -0.2) is 15.4 Å². The van der Waals surface area contributed by atoms with Crippen LogP contribution in [0.5, 0.6) is 0 Å². The van der Waals surface area contributed by atoms with Gasteiger partial charge in [-0.1, -0.05) is 11.6 Å². The minimum Gasteiger partial charge on any atom is -0.323 e. The minimum absolute atomic E-state index is 0.0622. The number of alkyl halides is 3. The van der Waals surface area contributed by atoms with Gasteiger partial charge in [0.1, 0.15) is 6.54 Å². The fourth-order valence-corrected chi connectivity index (χ4v) is 2.35. The second-order valence-corrected chi connectivity index (χ2v) is 5.63. The summed E-state index contributed by atoms with van der Waals surface area (Å²) in [7, 11) is 0. The molecule has 0 spiro atoms. The van der Waals surface area contributed by atoms with Crippen molar-refractivity contribution in [2.75, 3.05) is 5.32 Å². The van der Waals surface area contributed by atoms with Gasteiger partial charge in [0.25, 0.3) is 11.2 Å². The number of aromatic nitrogens is 1. The number of anilines is 1. The molecule has 0 atom stereocenters. The number of carbonyl (C=O) groups is 1. The first-order valence-corrected chi connectivity index (χ1v) is 7.40. The molecule has 0 aliphatic heterocycles. The Bertz CT molecular complexity index is 941. The molecule has 1 aromatic heterocycles. The number of nitrogens with one attached hydrogen (secondary N) is 1. The van der Waals surface area contributed by atoms with Crippen LogP contribution in [0.3, 0.4) is 0 Å². The van der Waals surface area contributed by atoms with Crippen molar-refractivity contribution in [2.45, 2.75) is 19.6 Å². The van der Waals surface area contributed by atoms with Crippen molar-refractivity contribution in [2.24, 2.45) is 0 Å². The summed E-state index contributed by atoms with van der Waals surface area (Å²) in [6.45, 7) is 0.656. The van der Waals surface area contributed by atoms with Crippen LogP contribution in [0.25, 0.3) is 0 Å². The number of benzene rings is 1. The van der Waals surface area contributed by atoms with E-state index in [1.165, 1.54) is 6.92 Å². The lowest BCUT2D eigenvalue weighted by molar-refractivity contribution is -0.386. The molecule has 0 aliphatic rings. The maximum absolute atomic E-state index is 12.7. The van der Waals surface area contributed by atoms with Crippen LogP contribution in [0.4, 0.5) is 24.5 Å². The molecular formula is C15H11ClF3N3O4. The highest BCUT2D eigenvalue weighted by Gasteiger charge is 2.31. The Balaban J connectivity index is 2.29. The molecule has 2 rings (SSSR count). The number of halogens is 4. The van der Waals surface area contributed by atoms with Crippen LogP contribution in [0, 0.1) is 17.0 Å². The topological polar surface area (TPSA) is 94.2 Å². The fourth-order valence-electron chi connectivity index (χ4n) is 2.18. The summed E-state index contributed by atoms with van der Waals surface area (Å²) >= 11 is 5.78. The predicted octanol–water partition coefficient (Wildman–Crippen LogP) is 3.38. The maximum atomic E-state index is 12.7. The van der Waals surface area contributed by atoms with Gasteiger partial charge in [-0.3, -0.25) is 24.3 Å². The molecule has 0 radical (unpaired) electrons. The number of pyridine rings is 1. The van der Waals surface area contributed by atoms with Crippen LogP contribution in [0.15, 0.2) is 35.1 Å². The van der Waals surface area contributed by atoms with Crippen LogP contribution in [0.2, 0.25) is 5.02 Å². The van der Waals surface area contributed by atoms with Crippen molar-refractivity contribution in [1.82, 2.24) is 4.57 Å². The van der Waals surface area contributed by atoms with E-state index in [-0.39, 0.29) is 22.1 Å². The maximum Gasteiger partial charge on any atom is 0.416 e. The van der Waals surface area contributed by atoms with E-state index in [0.717, 1.165) is 28.8 Å². The monoisotopic (exact) mass is 389 g/mol. The Hall–Kier alpha value is -2.88. The smallest absolute Gasteiger partial charge is 0.323 e. The molecule has 0 bridgehead atoms. The van der Waals surface area contributed by atoms with Crippen molar-refractivity contribution in [3.8, 4) is 0 Å². The summed E-state index contributed by atoms with van der Waals surface area (Å²) in [5.41, 5.74) is -2.40. The number of hydrogen-bond acceptors (Lipinski definition) is 4. The van der Waals surface area contributed by atoms with Gasteiger partial charge in [-0.05, 0) is 25.1 Å². The SMILES string of the molecule is Cc1c([N+](=O)[O-])ccc(=O)n1CC(=O)Nc1cc(C(F)(F)F)ccc1Cl. The van der Waals surface area contributed by atoms with E-state index >= 15 is 0 Å². The van der Waals surface area contributed by atoms with E-state index in [2.05, 4.69) is 5.32 Å². The van der Waals surface area contributed by atoms with Crippen LogP contribution in [0.1, 0.15) is 11.3 Å². The molecule has 0 aliphatic carbocycles. The van der Waals surface area contributed by atoms with Gasteiger partial charge in [0, 0.05) is 12.1 Å². The molecule has 11 heteroatoms. The van der Waals surface area contributed by atoms with Crippen molar-refractivity contribution in [3.63, 3.8) is 0 Å². The summed E-state index contributed by atoms with van der Waals surface area (Å²) in [5, 5.41) is 12.9. The number of nitrogens with zero attached hydrogens (tertiary/aromatic N) is 2. The van der Waals surface area contributed by atoms with Gasteiger partial charge < -0.3 is 5.32 Å². The molecule has 0 saturated carbocycles. The lowest BCUT2D eigenvalue weighted by Crippen LogP contribution is -2.29. The largest absolute Gasteiger partial charge is 0.416 e. The van der Waals surface area contributed by atoms with Gasteiger partial charge in [0.05, 0.1) is 26.9 Å². The van der Waals surface area contributed by atoms with Crippen LogP contribution >= 0.6 is 11.6 Å². The molecule has 26 heavy (non-hydrogen) atoms. The third-order valence-electron chi connectivity index (χ3n) is 3.49. The third-order valence-corrected chi connectivity index (χ3v) is 3.82. The van der Waals surface area contributed by atoms with E-state index in [4.69, 9.17) is 11.6 Å². The zero-order chi connectivity index (χ0) is 19.6. The Morgan fingerprint density at radius 3 is 2.54 bits per heavy atom. The molecule has 1 aromatic carbocycles. The van der Waals surface area contributed by atoms with Crippen molar-refractivity contribution in [1.29, 1.82) is 0 Å². The van der Waals surface area contributed by atoms with Crippen molar-refractivity contribution >= 4 is 28.9 Å². The van der Waals surface area contributed by atoms with E-state index < -0.39 is 34.7 Å². The summed E-state index contributed by atoms with van der Waals surface area (Å²) < 4.78 is 39.1. The second-order valence-electron chi connectivity index (χ2n) is 5.23. The average molecular weight is 390 g/mol. The average Bonchev–Trinajstić information content (AvgIpc) is 2.52. The molecule has 0 saturated heterocycles. The van der Waals surface area contributed by atoms with E-state index in [0.29, 0.717) is 6.07 Å². The molecule has 1 heterocycles. The molecule has 0 fully saturated rings. The minimum atomic E-state index is -4.63. The normalized spacial score (nSPS) is 11.3. The van der Waals surface area contributed by atoms with Gasteiger partial charge in [0.15, 0.2) is 0 Å². The molecule has 138 valence electrons. The number of carbonyl (C=O) groups excluding carboxylic acids is 1. The summed E-state index contributed by atoms with van der Waals surface area (Å²) in [4.78, 5) is 34.1. The molecule has 7 nitrogen and oxygen atoms in total. The zero-order valence-corrected chi connectivity index (χ0v) is 13.9. The fraction of sp³-hybridized carbons (Fsp3) is 0.200. The second kappa shape index (κ2) is 7.16. The van der Waals surface area contributed by atoms with Gasteiger partial charge in [0.2, 0.25) is 5.91 Å². The Morgan fingerprint density at radius 2 is 1.96 bits per heavy atom. The van der Waals surface area contributed by atoms with E-state index in [1.807, 2.05) is 0 Å². The molecular weight excluding hydrogens is 379 g/mol. The van der Waals surface area contributed by atoms with E-state index in [9.17, 15) is 32.9 Å². The van der Waals surface area contributed by atoms with Crippen LogP contribution < -0.4 is 10.9 Å². The lowest BCUT2D eigenvalue weighted by atomic mass is 10.2. The highest BCUT2D eigenvalue weighted by molar-refractivity contribution is 6.33. The Labute approximate surface area is 149 Å². The number of nitro groups is 1. The third kappa shape index (κ3) is 4.20. The Kier molecular flexibility index (Phi) is 5.36. The standard InChI is InChI=1S/C15H11ClF3N3O4/c1-8-12(22(25)26)4-5-14(24)21(8)7-13(23)20-11-6-9(15(17,18)19)2-3-10(11)16/h2-6H,7H2,1H3,(H,20,23). The molecule has 1 N–H and O–H groups in total. The van der Waals surface area contributed by atoms with Gasteiger partial charge in [-0.2, -0.15) is 13.2 Å². The highest BCUT2D eigenvalue weighted by atomic mass is 35.5. The van der Waals surface area contributed by atoms with Crippen molar-refractivity contribution < 1.29 is 22.9 Å². The van der Waals surface area contributed by atoms with Crippen LogP contribution in [-0.2, 0) is 17.5 Å². The Morgan fingerprint density at radius 1 is 1.31 bits per heavy atom. The van der Waals surface area contributed by atoms with Gasteiger partial charge in [-0.15, -0.1) is 0 Å². The highest BCUT2D eigenvalue weighted by Crippen LogP contribution is 2.33. The quantitative estimate of drug-likeness (QED) is 0.640. The first kappa shape index (κ1) is 19.4. The summed E-state index contributed by atoms with van der Waals surface area (Å²) in [6, 6.07) is 4.33. The first-order chi connectivity index (χ1) is 12.0. The first-order valence-electron chi connectivity index (χ1n) is 7.02. The lowest BCUT2D eigenvalue weighted by Gasteiger charge is -2.13. The van der Waals surface area contributed by atoms with Crippen molar-refractivity contribution in [3.05, 3.63) is 67.1 Å².